The van der Waals surface area contributed by atoms with Crippen LogP contribution in [0.25, 0.3) is 0 Å². The average Bonchev–Trinajstić information content (AvgIpc) is 2.27. The van der Waals surface area contributed by atoms with Crippen LogP contribution in [0.3, 0.4) is 0 Å². The molecule has 17 heavy (non-hydrogen) atoms. The highest BCUT2D eigenvalue weighted by atomic mass is 16.3. The number of aliphatic hydroxyl groups is 1. The van der Waals surface area contributed by atoms with Crippen LogP contribution in [0.2, 0.25) is 0 Å². The first-order chi connectivity index (χ1) is 8.08. The zero-order valence-electron chi connectivity index (χ0n) is 10.4. The minimum Gasteiger partial charge on any atom is -0.388 e. The lowest BCUT2D eigenvalue weighted by molar-refractivity contribution is 0.0936. The maximum atomic E-state index is 10.4. The number of aromatic nitrogens is 1. The highest BCUT2D eigenvalue weighted by molar-refractivity contribution is 5.40. The maximum absolute atomic E-state index is 10.4. The van der Waals surface area contributed by atoms with E-state index in [1.54, 1.807) is 6.20 Å². The molecule has 0 bridgehead atoms. The van der Waals surface area contributed by atoms with E-state index in [-0.39, 0.29) is 5.92 Å². The first kappa shape index (κ1) is 12.1. The van der Waals surface area contributed by atoms with Gasteiger partial charge in [0.25, 0.3) is 0 Å². The van der Waals surface area contributed by atoms with E-state index in [0.29, 0.717) is 11.7 Å². The van der Waals surface area contributed by atoms with E-state index in [1.807, 2.05) is 12.1 Å². The zero-order valence-corrected chi connectivity index (χ0v) is 10.4. The summed E-state index contributed by atoms with van der Waals surface area (Å²) in [5.41, 5.74) is 7.93. The topological polar surface area (TPSA) is 59.1 Å². The number of rotatable bonds is 2. The van der Waals surface area contributed by atoms with Crippen LogP contribution in [0.5, 0.6) is 0 Å². The number of nitrogens with zero attached hydrogens (tertiary/aromatic N) is 1. The predicted molar refractivity (Wildman–Crippen MR) is 69.3 cm³/mol. The van der Waals surface area contributed by atoms with Gasteiger partial charge in [0, 0.05) is 11.8 Å². The third kappa shape index (κ3) is 2.67. The Balaban J connectivity index is 2.19. The minimum atomic E-state index is -0.505. The van der Waals surface area contributed by atoms with Gasteiger partial charge in [-0.2, -0.15) is 0 Å². The van der Waals surface area contributed by atoms with Crippen molar-refractivity contribution in [1.29, 1.82) is 0 Å². The molecule has 1 aliphatic carbocycles. The van der Waals surface area contributed by atoms with Crippen LogP contribution in [-0.2, 0) is 0 Å². The van der Waals surface area contributed by atoms with Crippen LogP contribution in [0.15, 0.2) is 30.0 Å². The Morgan fingerprint density at radius 2 is 2.29 bits per heavy atom. The van der Waals surface area contributed by atoms with Crippen molar-refractivity contribution in [3.8, 4) is 0 Å². The number of allylic oxidation sites excluding steroid dienone is 2. The molecule has 3 nitrogen and oxygen atoms in total. The number of hydrogen-bond acceptors (Lipinski definition) is 3. The van der Waals surface area contributed by atoms with E-state index in [1.165, 1.54) is 5.57 Å². The number of hydrogen-bond donors (Lipinski definition) is 2. The summed E-state index contributed by atoms with van der Waals surface area (Å²) in [5, 5.41) is 10.4. The molecule has 0 saturated carbocycles. The molecule has 0 radical (unpaired) electrons. The molecule has 92 valence electrons. The Bertz CT molecular complexity index is 428. The maximum Gasteiger partial charge on any atom is 0.129 e. The Morgan fingerprint density at radius 1 is 1.53 bits per heavy atom. The van der Waals surface area contributed by atoms with Gasteiger partial charge in [0.15, 0.2) is 0 Å². The molecule has 1 aromatic rings. The summed E-state index contributed by atoms with van der Waals surface area (Å²) in [6, 6.07) is 3.69. The molecule has 3 heteroatoms. The largest absolute Gasteiger partial charge is 0.388 e. The van der Waals surface area contributed by atoms with Gasteiger partial charge in [-0.05, 0) is 37.7 Å². The normalized spacial score (nSPS) is 26.4. The van der Waals surface area contributed by atoms with Gasteiger partial charge < -0.3 is 10.8 Å². The second-order valence-corrected chi connectivity index (χ2v) is 5.11. The van der Waals surface area contributed by atoms with Gasteiger partial charge in [0.2, 0.25) is 0 Å². The molecule has 1 heterocycles. The van der Waals surface area contributed by atoms with Gasteiger partial charge in [0.05, 0.1) is 6.10 Å². The van der Waals surface area contributed by atoms with Crippen molar-refractivity contribution in [1.82, 2.24) is 4.98 Å². The third-order valence-corrected chi connectivity index (χ3v) is 3.46. The SMILES string of the molecule is CC1=CC(C)CC(C(O)c2cccnc2N)C1. The second-order valence-electron chi connectivity index (χ2n) is 5.11. The Kier molecular flexibility index (Phi) is 3.48. The Labute approximate surface area is 102 Å². The fourth-order valence-corrected chi connectivity index (χ4v) is 2.77. The van der Waals surface area contributed by atoms with E-state index >= 15 is 0 Å². The van der Waals surface area contributed by atoms with Gasteiger partial charge in [0.1, 0.15) is 5.82 Å². The monoisotopic (exact) mass is 232 g/mol. The fourth-order valence-electron chi connectivity index (χ4n) is 2.77. The van der Waals surface area contributed by atoms with Crippen LogP contribution in [-0.4, -0.2) is 10.1 Å². The van der Waals surface area contributed by atoms with Crippen molar-refractivity contribution >= 4 is 5.82 Å². The van der Waals surface area contributed by atoms with Crippen molar-refractivity contribution in [2.75, 3.05) is 5.73 Å². The molecule has 0 fully saturated rings. The summed E-state index contributed by atoms with van der Waals surface area (Å²) in [6.07, 6.45) is 5.39. The lowest BCUT2D eigenvalue weighted by Gasteiger charge is -2.29. The molecule has 3 N–H and O–H groups in total. The summed E-state index contributed by atoms with van der Waals surface area (Å²) in [7, 11) is 0. The Morgan fingerprint density at radius 3 is 2.94 bits per heavy atom. The van der Waals surface area contributed by atoms with E-state index in [2.05, 4.69) is 24.9 Å². The van der Waals surface area contributed by atoms with E-state index in [4.69, 9.17) is 5.73 Å². The van der Waals surface area contributed by atoms with Crippen molar-refractivity contribution < 1.29 is 5.11 Å². The number of anilines is 1. The van der Waals surface area contributed by atoms with E-state index in [9.17, 15) is 5.11 Å². The van der Waals surface area contributed by atoms with Crippen LogP contribution in [0, 0.1) is 11.8 Å². The molecule has 1 aliphatic rings. The molecule has 0 amide bonds. The molecule has 3 unspecified atom stereocenters. The number of nitrogen functional groups attached to an aromatic ring is 1. The number of pyridine rings is 1. The first-order valence-corrected chi connectivity index (χ1v) is 6.13. The molecular formula is C14H20N2O. The molecular weight excluding hydrogens is 212 g/mol. The summed E-state index contributed by atoms with van der Waals surface area (Å²) in [5.74, 6) is 1.22. The van der Waals surface area contributed by atoms with Crippen LogP contribution < -0.4 is 5.73 Å². The third-order valence-electron chi connectivity index (χ3n) is 3.46. The standard InChI is InChI=1S/C14H20N2O/c1-9-6-10(2)8-11(7-9)13(17)12-4-3-5-16-14(12)15/h3-6,9,11,13,17H,7-8H2,1-2H3,(H2,15,16). The van der Waals surface area contributed by atoms with Crippen LogP contribution in [0.1, 0.15) is 38.4 Å². The quantitative estimate of drug-likeness (QED) is 0.771. The molecule has 0 spiro atoms. The highest BCUT2D eigenvalue weighted by Crippen LogP contribution is 2.37. The Hall–Kier alpha value is -1.35. The summed E-state index contributed by atoms with van der Waals surface area (Å²) >= 11 is 0. The fraction of sp³-hybridized carbons (Fsp3) is 0.500. The first-order valence-electron chi connectivity index (χ1n) is 6.13. The summed E-state index contributed by atoms with van der Waals surface area (Å²) in [6.45, 7) is 4.32. The number of nitrogens with two attached hydrogens (primary N) is 1. The highest BCUT2D eigenvalue weighted by Gasteiger charge is 2.27. The van der Waals surface area contributed by atoms with Gasteiger partial charge in [-0.1, -0.05) is 24.6 Å². The van der Waals surface area contributed by atoms with Crippen molar-refractivity contribution in [3.05, 3.63) is 35.5 Å². The lowest BCUT2D eigenvalue weighted by Crippen LogP contribution is -2.20. The molecule has 1 aromatic heterocycles. The van der Waals surface area contributed by atoms with E-state index in [0.717, 1.165) is 18.4 Å². The number of aliphatic hydroxyl groups excluding tert-OH is 1. The van der Waals surface area contributed by atoms with Gasteiger partial charge >= 0.3 is 0 Å². The predicted octanol–water partition coefficient (Wildman–Crippen LogP) is 2.69. The lowest BCUT2D eigenvalue weighted by atomic mass is 9.79. The van der Waals surface area contributed by atoms with Crippen molar-refractivity contribution in [3.63, 3.8) is 0 Å². The van der Waals surface area contributed by atoms with E-state index < -0.39 is 6.10 Å². The molecule has 3 atom stereocenters. The molecule has 2 rings (SSSR count). The van der Waals surface area contributed by atoms with Gasteiger partial charge in [-0.3, -0.25) is 0 Å². The van der Waals surface area contributed by atoms with Crippen LogP contribution in [0.4, 0.5) is 5.82 Å². The molecule has 0 aliphatic heterocycles. The smallest absolute Gasteiger partial charge is 0.129 e. The summed E-state index contributed by atoms with van der Waals surface area (Å²) < 4.78 is 0. The zero-order chi connectivity index (χ0) is 12.4. The molecule has 0 aromatic carbocycles. The van der Waals surface area contributed by atoms with Crippen molar-refractivity contribution in [2.24, 2.45) is 11.8 Å². The van der Waals surface area contributed by atoms with Crippen LogP contribution >= 0.6 is 0 Å². The molecule has 0 saturated heterocycles. The average molecular weight is 232 g/mol. The van der Waals surface area contributed by atoms with Crippen molar-refractivity contribution in [2.45, 2.75) is 32.8 Å². The van der Waals surface area contributed by atoms with Gasteiger partial charge in [-0.15, -0.1) is 0 Å². The minimum absolute atomic E-state index is 0.251. The second kappa shape index (κ2) is 4.88. The van der Waals surface area contributed by atoms with Gasteiger partial charge in [-0.25, -0.2) is 4.98 Å². The summed E-state index contributed by atoms with van der Waals surface area (Å²) in [4.78, 5) is 4.04.